The minimum atomic E-state index is -2.60. The van der Waals surface area contributed by atoms with Crippen LogP contribution in [-0.2, 0) is 0 Å². The first kappa shape index (κ1) is 10.3. The summed E-state index contributed by atoms with van der Waals surface area (Å²) in [5.41, 5.74) is 0.685. The summed E-state index contributed by atoms with van der Waals surface area (Å²) in [5.74, 6) is -1.46. The largest absolute Gasteiger partial charge is 0.344 e. The van der Waals surface area contributed by atoms with Crippen LogP contribution in [0.25, 0.3) is 10.9 Å². The van der Waals surface area contributed by atoms with Crippen molar-refractivity contribution < 1.29 is 8.78 Å². The van der Waals surface area contributed by atoms with Gasteiger partial charge >= 0.3 is 0 Å². The normalized spacial score (nSPS) is 18.2. The lowest BCUT2D eigenvalue weighted by Crippen LogP contribution is -2.56. The van der Waals surface area contributed by atoms with Crippen LogP contribution in [0.2, 0.25) is 0 Å². The third-order valence-electron chi connectivity index (χ3n) is 2.73. The molecule has 6 heteroatoms. The molecule has 2 aromatic rings. The van der Waals surface area contributed by atoms with Crippen LogP contribution in [0.15, 0.2) is 18.5 Å². The van der Waals surface area contributed by atoms with Crippen molar-refractivity contribution in [1.82, 2.24) is 15.0 Å². The molecular formula is C11H10F2N4. The molecule has 0 aliphatic carbocycles. The van der Waals surface area contributed by atoms with Gasteiger partial charge in [0.15, 0.2) is 0 Å². The van der Waals surface area contributed by atoms with E-state index in [9.17, 15) is 8.78 Å². The van der Waals surface area contributed by atoms with Gasteiger partial charge in [0.1, 0.15) is 11.6 Å². The zero-order chi connectivity index (χ0) is 12.0. The van der Waals surface area contributed by atoms with E-state index in [0.717, 1.165) is 5.39 Å². The van der Waals surface area contributed by atoms with Gasteiger partial charge in [-0.15, -0.1) is 0 Å². The first-order valence-corrected chi connectivity index (χ1v) is 5.26. The lowest BCUT2D eigenvalue weighted by Gasteiger charge is -2.39. The fraction of sp³-hybridized carbons (Fsp3) is 0.364. The molecule has 0 N–H and O–H groups in total. The number of alkyl halides is 2. The van der Waals surface area contributed by atoms with E-state index >= 15 is 0 Å². The van der Waals surface area contributed by atoms with E-state index in [1.165, 1.54) is 0 Å². The average molecular weight is 236 g/mol. The van der Waals surface area contributed by atoms with Crippen molar-refractivity contribution in [2.75, 3.05) is 18.0 Å². The Morgan fingerprint density at radius 2 is 2.06 bits per heavy atom. The zero-order valence-electron chi connectivity index (χ0n) is 9.19. The molecule has 0 bridgehead atoms. The number of fused-ring (bicyclic) bond motifs is 1. The third-order valence-corrected chi connectivity index (χ3v) is 2.73. The highest BCUT2D eigenvalue weighted by molar-refractivity contribution is 5.89. The van der Waals surface area contributed by atoms with E-state index in [4.69, 9.17) is 0 Å². The summed E-state index contributed by atoms with van der Waals surface area (Å²) >= 11 is 0. The number of pyridine rings is 1. The van der Waals surface area contributed by atoms with Crippen LogP contribution in [0.5, 0.6) is 0 Å². The monoisotopic (exact) mass is 236 g/mol. The van der Waals surface area contributed by atoms with Crippen LogP contribution in [0.1, 0.15) is 5.82 Å². The SMILES string of the molecule is Cc1nc(N2CC(F)(F)C2)c2ccncc2n1. The van der Waals surface area contributed by atoms with Gasteiger partial charge in [0.2, 0.25) is 0 Å². The van der Waals surface area contributed by atoms with Crippen molar-refractivity contribution in [3.63, 3.8) is 0 Å². The third kappa shape index (κ3) is 1.69. The molecular weight excluding hydrogens is 226 g/mol. The minimum absolute atomic E-state index is 0.277. The average Bonchev–Trinajstić information content (AvgIpc) is 2.24. The smallest absolute Gasteiger partial charge is 0.282 e. The summed E-state index contributed by atoms with van der Waals surface area (Å²) in [6.07, 6.45) is 3.23. The summed E-state index contributed by atoms with van der Waals surface area (Å²) in [6.45, 7) is 1.19. The van der Waals surface area contributed by atoms with Crippen LogP contribution in [0.3, 0.4) is 0 Å². The highest BCUT2D eigenvalue weighted by Gasteiger charge is 2.45. The molecule has 1 aliphatic heterocycles. The number of rotatable bonds is 1. The van der Waals surface area contributed by atoms with Crippen molar-refractivity contribution in [2.24, 2.45) is 0 Å². The Balaban J connectivity index is 2.10. The predicted octanol–water partition coefficient (Wildman–Crippen LogP) is 1.79. The van der Waals surface area contributed by atoms with Crippen LogP contribution in [-0.4, -0.2) is 34.0 Å². The number of nitrogens with zero attached hydrogens (tertiary/aromatic N) is 4. The van der Waals surface area contributed by atoms with E-state index in [-0.39, 0.29) is 13.1 Å². The van der Waals surface area contributed by atoms with Gasteiger partial charge in [0.05, 0.1) is 24.8 Å². The van der Waals surface area contributed by atoms with Crippen molar-refractivity contribution in [2.45, 2.75) is 12.8 Å². The second-order valence-corrected chi connectivity index (χ2v) is 4.20. The molecule has 1 fully saturated rings. The van der Waals surface area contributed by atoms with Crippen LogP contribution < -0.4 is 4.90 Å². The Bertz CT molecular complexity index is 577. The summed E-state index contributed by atoms with van der Waals surface area (Å²) in [6, 6.07) is 1.75. The van der Waals surface area contributed by atoms with E-state index in [0.29, 0.717) is 17.2 Å². The van der Waals surface area contributed by atoms with Gasteiger partial charge in [-0.3, -0.25) is 4.98 Å². The van der Waals surface area contributed by atoms with Crippen LogP contribution in [0.4, 0.5) is 14.6 Å². The Morgan fingerprint density at radius 1 is 1.29 bits per heavy atom. The fourth-order valence-corrected chi connectivity index (χ4v) is 1.98. The fourth-order valence-electron chi connectivity index (χ4n) is 1.98. The lowest BCUT2D eigenvalue weighted by molar-refractivity contribution is -0.0265. The van der Waals surface area contributed by atoms with Crippen molar-refractivity contribution >= 4 is 16.7 Å². The van der Waals surface area contributed by atoms with E-state index in [1.807, 2.05) is 0 Å². The molecule has 0 aromatic carbocycles. The molecule has 88 valence electrons. The van der Waals surface area contributed by atoms with Crippen molar-refractivity contribution in [3.05, 3.63) is 24.3 Å². The molecule has 1 saturated heterocycles. The highest BCUT2D eigenvalue weighted by Crippen LogP contribution is 2.33. The molecule has 17 heavy (non-hydrogen) atoms. The molecule has 4 nitrogen and oxygen atoms in total. The molecule has 1 aliphatic rings. The minimum Gasteiger partial charge on any atom is -0.344 e. The highest BCUT2D eigenvalue weighted by atomic mass is 19.3. The number of halogens is 2. The lowest BCUT2D eigenvalue weighted by atomic mass is 10.1. The standard InChI is InChI=1S/C11H10F2N4/c1-7-15-9-4-14-3-2-8(9)10(16-7)17-5-11(12,13)6-17/h2-4H,5-6H2,1H3. The predicted molar refractivity (Wildman–Crippen MR) is 59.2 cm³/mol. The van der Waals surface area contributed by atoms with Crippen LogP contribution in [0, 0.1) is 6.92 Å². The molecule has 0 atom stereocenters. The van der Waals surface area contributed by atoms with E-state index in [1.54, 1.807) is 30.3 Å². The van der Waals surface area contributed by atoms with Gasteiger partial charge in [-0.25, -0.2) is 18.7 Å². The van der Waals surface area contributed by atoms with Gasteiger partial charge in [-0.1, -0.05) is 0 Å². The van der Waals surface area contributed by atoms with Gasteiger partial charge in [0.25, 0.3) is 5.92 Å². The topological polar surface area (TPSA) is 41.9 Å². The molecule has 0 spiro atoms. The van der Waals surface area contributed by atoms with Gasteiger partial charge < -0.3 is 4.90 Å². The summed E-state index contributed by atoms with van der Waals surface area (Å²) in [4.78, 5) is 14.0. The Labute approximate surface area is 96.3 Å². The Kier molecular flexibility index (Phi) is 2.01. The van der Waals surface area contributed by atoms with Crippen molar-refractivity contribution in [3.8, 4) is 0 Å². The molecule has 3 heterocycles. The number of hydrogen-bond acceptors (Lipinski definition) is 4. The van der Waals surface area contributed by atoms with E-state index < -0.39 is 5.92 Å². The summed E-state index contributed by atoms with van der Waals surface area (Å²) in [5, 5.41) is 0.765. The maximum Gasteiger partial charge on any atom is 0.282 e. The molecule has 3 rings (SSSR count). The first-order valence-electron chi connectivity index (χ1n) is 5.26. The number of anilines is 1. The zero-order valence-corrected chi connectivity index (χ0v) is 9.19. The second-order valence-electron chi connectivity index (χ2n) is 4.20. The Morgan fingerprint density at radius 3 is 2.76 bits per heavy atom. The number of aryl methyl sites for hydroxylation is 1. The van der Waals surface area contributed by atoms with Gasteiger partial charge in [-0.05, 0) is 13.0 Å². The quantitative estimate of drug-likeness (QED) is 0.757. The maximum atomic E-state index is 12.9. The van der Waals surface area contributed by atoms with Crippen molar-refractivity contribution in [1.29, 1.82) is 0 Å². The first-order chi connectivity index (χ1) is 8.05. The molecule has 0 radical (unpaired) electrons. The van der Waals surface area contributed by atoms with E-state index in [2.05, 4.69) is 15.0 Å². The second kappa shape index (κ2) is 3.32. The Hall–Kier alpha value is -1.85. The van der Waals surface area contributed by atoms with Gasteiger partial charge in [-0.2, -0.15) is 0 Å². The maximum absolute atomic E-state index is 12.9. The molecule has 0 amide bonds. The summed E-state index contributed by atoms with van der Waals surface area (Å²) < 4.78 is 25.8. The van der Waals surface area contributed by atoms with Crippen LogP contribution >= 0.6 is 0 Å². The molecule has 2 aromatic heterocycles. The number of hydrogen-bond donors (Lipinski definition) is 0. The molecule has 0 unspecified atom stereocenters. The molecule has 0 saturated carbocycles. The van der Waals surface area contributed by atoms with Gasteiger partial charge in [0, 0.05) is 11.6 Å². The summed E-state index contributed by atoms with van der Waals surface area (Å²) in [7, 11) is 0. The number of aromatic nitrogens is 3.